The van der Waals surface area contributed by atoms with Gasteiger partial charge in [-0.05, 0) is 40.8 Å². The molecule has 0 fully saturated rings. The minimum absolute atomic E-state index is 0.102. The Morgan fingerprint density at radius 3 is 2.86 bits per heavy atom. The van der Waals surface area contributed by atoms with E-state index in [1.54, 1.807) is 6.07 Å². The predicted molar refractivity (Wildman–Crippen MR) is 81.8 cm³/mol. The third-order valence-corrected chi connectivity index (χ3v) is 3.03. The van der Waals surface area contributed by atoms with Crippen LogP contribution in [0.15, 0.2) is 36.9 Å². The number of halogens is 1. The van der Waals surface area contributed by atoms with Gasteiger partial charge in [0.2, 0.25) is 5.95 Å². The summed E-state index contributed by atoms with van der Waals surface area (Å²) < 4.78 is 8.03. The van der Waals surface area contributed by atoms with Crippen molar-refractivity contribution in [3.05, 3.63) is 40.5 Å². The van der Waals surface area contributed by atoms with Crippen molar-refractivity contribution in [2.75, 3.05) is 5.43 Å². The fourth-order valence-corrected chi connectivity index (χ4v) is 2.02. The van der Waals surface area contributed by atoms with Crippen LogP contribution in [0, 0.1) is 3.57 Å². The lowest BCUT2D eigenvalue weighted by Gasteiger charge is -2.07. The fraction of sp³-hybridized carbons (Fsp3) is 0. The second-order valence-electron chi connectivity index (χ2n) is 3.79. The van der Waals surface area contributed by atoms with Crippen molar-refractivity contribution in [2.24, 2.45) is 5.84 Å². The molecule has 0 saturated carbocycles. The third kappa shape index (κ3) is 3.22. The summed E-state index contributed by atoms with van der Waals surface area (Å²) in [5.74, 6) is 6.37. The first-order valence-corrected chi connectivity index (χ1v) is 6.83. The molecule has 0 atom stereocenters. The van der Waals surface area contributed by atoms with Gasteiger partial charge in [-0.3, -0.25) is 5.43 Å². The number of ether oxygens (including phenoxy) is 1. The van der Waals surface area contributed by atoms with E-state index in [-0.39, 0.29) is 17.9 Å². The topological polar surface area (TPSA) is 117 Å². The standard InChI is InChI=1S/C11H9IN8O/c12-7-2-1-3-8(4-7)21-11-17-9(19-13)16-10(18-11)20-6-14-5-15-20/h1-6H,13H2,(H,16,17,18,19). The van der Waals surface area contributed by atoms with Gasteiger partial charge >= 0.3 is 6.01 Å². The van der Waals surface area contributed by atoms with Crippen molar-refractivity contribution in [2.45, 2.75) is 0 Å². The zero-order valence-electron chi connectivity index (χ0n) is 10.5. The Labute approximate surface area is 132 Å². The number of hydrazine groups is 1. The molecule has 2 aromatic heterocycles. The smallest absolute Gasteiger partial charge is 0.328 e. The zero-order chi connectivity index (χ0) is 14.7. The van der Waals surface area contributed by atoms with Gasteiger partial charge in [-0.1, -0.05) is 6.07 Å². The molecule has 0 unspecified atom stereocenters. The number of hydrogen-bond donors (Lipinski definition) is 2. The predicted octanol–water partition coefficient (Wildman–Crippen LogP) is 1.13. The van der Waals surface area contributed by atoms with Gasteiger partial charge in [-0.2, -0.15) is 24.7 Å². The van der Waals surface area contributed by atoms with Gasteiger partial charge in [-0.15, -0.1) is 0 Å². The highest BCUT2D eigenvalue weighted by Crippen LogP contribution is 2.21. The Bertz CT molecular complexity index is 748. The molecule has 0 aliphatic rings. The van der Waals surface area contributed by atoms with E-state index in [0.29, 0.717) is 5.75 Å². The van der Waals surface area contributed by atoms with Gasteiger partial charge in [0.25, 0.3) is 5.95 Å². The maximum Gasteiger partial charge on any atom is 0.328 e. The summed E-state index contributed by atoms with van der Waals surface area (Å²) >= 11 is 2.19. The molecule has 0 saturated heterocycles. The number of benzene rings is 1. The molecule has 0 spiro atoms. The highest BCUT2D eigenvalue weighted by molar-refractivity contribution is 14.1. The largest absolute Gasteiger partial charge is 0.424 e. The van der Waals surface area contributed by atoms with Gasteiger partial charge in [0.05, 0.1) is 0 Å². The zero-order valence-corrected chi connectivity index (χ0v) is 12.7. The average Bonchev–Trinajstić information content (AvgIpc) is 3.01. The van der Waals surface area contributed by atoms with E-state index < -0.39 is 0 Å². The summed E-state index contributed by atoms with van der Waals surface area (Å²) in [7, 11) is 0. The van der Waals surface area contributed by atoms with Crippen LogP contribution in [0.25, 0.3) is 5.95 Å². The Morgan fingerprint density at radius 2 is 2.14 bits per heavy atom. The van der Waals surface area contributed by atoms with E-state index in [1.165, 1.54) is 17.3 Å². The summed E-state index contributed by atoms with van der Waals surface area (Å²) in [6.07, 6.45) is 2.84. The Balaban J connectivity index is 1.96. The van der Waals surface area contributed by atoms with Gasteiger partial charge in [0.1, 0.15) is 18.4 Å². The maximum absolute atomic E-state index is 5.62. The molecule has 0 aliphatic heterocycles. The van der Waals surface area contributed by atoms with Crippen molar-refractivity contribution in [3.8, 4) is 17.7 Å². The second-order valence-corrected chi connectivity index (χ2v) is 5.03. The molecule has 0 bridgehead atoms. The molecule has 0 aliphatic carbocycles. The monoisotopic (exact) mass is 396 g/mol. The van der Waals surface area contributed by atoms with Crippen LogP contribution < -0.4 is 16.0 Å². The quantitative estimate of drug-likeness (QED) is 0.383. The van der Waals surface area contributed by atoms with Crippen LogP contribution in [0.5, 0.6) is 11.8 Å². The van der Waals surface area contributed by atoms with Crippen molar-refractivity contribution in [1.82, 2.24) is 29.7 Å². The first-order chi connectivity index (χ1) is 10.2. The minimum Gasteiger partial charge on any atom is -0.424 e. The number of nitrogens with zero attached hydrogens (tertiary/aromatic N) is 6. The van der Waals surface area contributed by atoms with Gasteiger partial charge in [-0.25, -0.2) is 10.8 Å². The van der Waals surface area contributed by atoms with Crippen LogP contribution in [0.4, 0.5) is 5.95 Å². The summed E-state index contributed by atoms with van der Waals surface area (Å²) in [6.45, 7) is 0. The van der Waals surface area contributed by atoms with Crippen LogP contribution in [0.1, 0.15) is 0 Å². The first-order valence-electron chi connectivity index (χ1n) is 5.76. The molecule has 21 heavy (non-hydrogen) atoms. The van der Waals surface area contributed by atoms with E-state index in [9.17, 15) is 0 Å². The number of nitrogens with two attached hydrogens (primary N) is 1. The third-order valence-electron chi connectivity index (χ3n) is 2.36. The second kappa shape index (κ2) is 5.97. The number of rotatable bonds is 4. The van der Waals surface area contributed by atoms with Crippen LogP contribution in [-0.4, -0.2) is 29.7 Å². The minimum atomic E-state index is 0.102. The molecule has 3 N–H and O–H groups in total. The van der Waals surface area contributed by atoms with Crippen molar-refractivity contribution >= 4 is 28.5 Å². The lowest BCUT2D eigenvalue weighted by Crippen LogP contribution is -2.14. The van der Waals surface area contributed by atoms with E-state index in [2.05, 4.69) is 53.1 Å². The fourth-order valence-electron chi connectivity index (χ4n) is 1.51. The lowest BCUT2D eigenvalue weighted by molar-refractivity contribution is 0.438. The van der Waals surface area contributed by atoms with Crippen LogP contribution in [0.3, 0.4) is 0 Å². The summed E-state index contributed by atoms with van der Waals surface area (Å²) in [6, 6.07) is 7.59. The van der Waals surface area contributed by atoms with Gasteiger partial charge in [0, 0.05) is 3.57 Å². The molecule has 0 amide bonds. The average molecular weight is 396 g/mol. The molecule has 1 aromatic carbocycles. The lowest BCUT2D eigenvalue weighted by atomic mass is 10.3. The van der Waals surface area contributed by atoms with E-state index >= 15 is 0 Å². The highest BCUT2D eigenvalue weighted by atomic mass is 127. The van der Waals surface area contributed by atoms with Crippen LogP contribution in [-0.2, 0) is 0 Å². The van der Waals surface area contributed by atoms with Crippen molar-refractivity contribution in [1.29, 1.82) is 0 Å². The van der Waals surface area contributed by atoms with E-state index in [0.717, 1.165) is 3.57 Å². The molecule has 3 aromatic rings. The van der Waals surface area contributed by atoms with Gasteiger partial charge in [0.15, 0.2) is 0 Å². The molecular formula is C11H9IN8O. The Kier molecular flexibility index (Phi) is 3.87. The van der Waals surface area contributed by atoms with E-state index in [1.807, 2.05) is 18.2 Å². The number of nitrogen functional groups attached to an aromatic ring is 1. The molecule has 3 rings (SSSR count). The van der Waals surface area contributed by atoms with Crippen molar-refractivity contribution in [3.63, 3.8) is 0 Å². The molecule has 0 radical (unpaired) electrons. The maximum atomic E-state index is 5.62. The van der Waals surface area contributed by atoms with E-state index in [4.69, 9.17) is 10.6 Å². The normalized spacial score (nSPS) is 10.4. The van der Waals surface area contributed by atoms with Crippen molar-refractivity contribution < 1.29 is 4.74 Å². The number of aromatic nitrogens is 6. The number of nitrogens with one attached hydrogen (secondary N) is 1. The molecular weight excluding hydrogens is 387 g/mol. The summed E-state index contributed by atoms with van der Waals surface area (Å²) in [4.78, 5) is 16.1. The van der Waals surface area contributed by atoms with Crippen LogP contribution in [0.2, 0.25) is 0 Å². The summed E-state index contributed by atoms with van der Waals surface area (Å²) in [5.41, 5.74) is 2.36. The Hall–Kier alpha value is -2.34. The Morgan fingerprint density at radius 1 is 1.24 bits per heavy atom. The SMILES string of the molecule is NNc1nc(Oc2cccc(I)c2)nc(-n2cncn2)n1. The summed E-state index contributed by atoms with van der Waals surface area (Å²) in [5, 5.41) is 3.95. The number of anilines is 1. The first kappa shape index (κ1) is 13.6. The number of hydrogen-bond acceptors (Lipinski definition) is 8. The molecule has 10 heteroatoms. The highest BCUT2D eigenvalue weighted by Gasteiger charge is 2.10. The molecule has 9 nitrogen and oxygen atoms in total. The molecule has 2 heterocycles. The van der Waals surface area contributed by atoms with Gasteiger partial charge < -0.3 is 4.74 Å². The van der Waals surface area contributed by atoms with Crippen LogP contribution >= 0.6 is 22.6 Å². The molecule has 106 valence electrons.